The Morgan fingerprint density at radius 2 is 1.77 bits per heavy atom. The van der Waals surface area contributed by atoms with Crippen LogP contribution in [0.1, 0.15) is 48.7 Å². The molecule has 7 nitrogen and oxygen atoms in total. The van der Waals surface area contributed by atoms with Crippen molar-refractivity contribution in [2.45, 2.75) is 43.7 Å². The van der Waals surface area contributed by atoms with Crippen molar-refractivity contribution >= 4 is 15.9 Å². The van der Waals surface area contributed by atoms with Gasteiger partial charge in [0.05, 0.1) is 10.9 Å². The van der Waals surface area contributed by atoms with Gasteiger partial charge in [-0.3, -0.25) is 4.79 Å². The summed E-state index contributed by atoms with van der Waals surface area (Å²) in [6, 6.07) is 11.7. The summed E-state index contributed by atoms with van der Waals surface area (Å²) in [6.07, 6.45) is 1.78. The lowest BCUT2D eigenvalue weighted by molar-refractivity contribution is 0.0735. The number of likely N-dealkylation sites (tertiary alicyclic amines) is 1. The van der Waals surface area contributed by atoms with Gasteiger partial charge >= 0.3 is 0 Å². The molecule has 2 aliphatic rings. The molecule has 4 rings (SSSR count). The molecule has 0 aliphatic carbocycles. The maximum Gasteiger partial charge on any atom is 0.254 e. The average molecular weight is 431 g/mol. The maximum atomic E-state index is 13.2. The van der Waals surface area contributed by atoms with E-state index in [9.17, 15) is 13.2 Å². The van der Waals surface area contributed by atoms with Gasteiger partial charge in [0.25, 0.3) is 5.91 Å². The summed E-state index contributed by atoms with van der Waals surface area (Å²) in [5.74, 6) is 1.34. The highest BCUT2D eigenvalue weighted by Crippen LogP contribution is 2.38. The van der Waals surface area contributed by atoms with Crippen LogP contribution < -0.4 is 14.2 Å². The number of benzene rings is 2. The predicted molar refractivity (Wildman–Crippen MR) is 112 cm³/mol. The zero-order valence-electron chi connectivity index (χ0n) is 17.1. The minimum atomic E-state index is -3.58. The summed E-state index contributed by atoms with van der Waals surface area (Å²) in [7, 11) is -3.58. The van der Waals surface area contributed by atoms with E-state index >= 15 is 0 Å². The molecular weight excluding hydrogens is 404 g/mol. The molecule has 2 aromatic rings. The molecule has 2 aromatic carbocycles. The van der Waals surface area contributed by atoms with E-state index in [4.69, 9.17) is 9.47 Å². The molecule has 1 saturated heterocycles. The van der Waals surface area contributed by atoms with Crippen molar-refractivity contribution in [1.82, 2.24) is 9.62 Å². The summed E-state index contributed by atoms with van der Waals surface area (Å²) in [6.45, 7) is 5.25. The second-order valence-electron chi connectivity index (χ2n) is 7.86. The van der Waals surface area contributed by atoms with Crippen LogP contribution >= 0.6 is 0 Å². The SMILES string of the molecule is CC(C)NS(=O)(=O)c1ccc(C(=O)N2CCC[C@@H]2c2ccc3c(c2)OCCO3)cc1. The van der Waals surface area contributed by atoms with E-state index in [0.29, 0.717) is 31.1 Å². The number of hydrogen-bond acceptors (Lipinski definition) is 5. The van der Waals surface area contributed by atoms with Crippen molar-refractivity contribution < 1.29 is 22.7 Å². The van der Waals surface area contributed by atoms with Gasteiger partial charge in [0.15, 0.2) is 11.5 Å². The summed E-state index contributed by atoms with van der Waals surface area (Å²) in [4.78, 5) is 15.2. The molecule has 1 atom stereocenters. The zero-order chi connectivity index (χ0) is 21.3. The smallest absolute Gasteiger partial charge is 0.254 e. The van der Waals surface area contributed by atoms with Crippen molar-refractivity contribution in [2.24, 2.45) is 0 Å². The van der Waals surface area contributed by atoms with Gasteiger partial charge in [0.1, 0.15) is 13.2 Å². The summed E-state index contributed by atoms with van der Waals surface area (Å²) in [5, 5.41) is 0. The molecule has 0 radical (unpaired) electrons. The van der Waals surface area contributed by atoms with Crippen LogP contribution in [0.25, 0.3) is 0 Å². The Labute approximate surface area is 177 Å². The maximum absolute atomic E-state index is 13.2. The zero-order valence-corrected chi connectivity index (χ0v) is 17.9. The number of hydrogen-bond donors (Lipinski definition) is 1. The molecular formula is C22H26N2O5S. The number of carbonyl (C=O) groups is 1. The van der Waals surface area contributed by atoms with Crippen molar-refractivity contribution in [3.05, 3.63) is 53.6 Å². The highest BCUT2D eigenvalue weighted by atomic mass is 32.2. The van der Waals surface area contributed by atoms with Crippen LogP contribution in [0.3, 0.4) is 0 Å². The highest BCUT2D eigenvalue weighted by molar-refractivity contribution is 7.89. The Balaban J connectivity index is 1.54. The monoisotopic (exact) mass is 430 g/mol. The van der Waals surface area contributed by atoms with E-state index in [0.717, 1.165) is 24.2 Å². The first-order valence-electron chi connectivity index (χ1n) is 10.2. The first kappa shape index (κ1) is 20.7. The van der Waals surface area contributed by atoms with Gasteiger partial charge in [-0.1, -0.05) is 6.07 Å². The van der Waals surface area contributed by atoms with Gasteiger partial charge in [-0.15, -0.1) is 0 Å². The van der Waals surface area contributed by atoms with E-state index in [2.05, 4.69) is 4.72 Å². The van der Waals surface area contributed by atoms with Crippen molar-refractivity contribution in [1.29, 1.82) is 0 Å². The van der Waals surface area contributed by atoms with Crippen LogP contribution in [-0.2, 0) is 10.0 Å². The molecule has 0 spiro atoms. The van der Waals surface area contributed by atoms with Gasteiger partial charge in [0, 0.05) is 18.2 Å². The molecule has 1 N–H and O–H groups in total. The van der Waals surface area contributed by atoms with Gasteiger partial charge in [-0.05, 0) is 68.7 Å². The van der Waals surface area contributed by atoms with Crippen molar-refractivity contribution in [2.75, 3.05) is 19.8 Å². The Bertz CT molecular complexity index is 1030. The number of ether oxygens (including phenoxy) is 2. The first-order valence-corrected chi connectivity index (χ1v) is 11.7. The fourth-order valence-corrected chi connectivity index (χ4v) is 5.20. The third-order valence-electron chi connectivity index (χ3n) is 5.27. The summed E-state index contributed by atoms with van der Waals surface area (Å²) >= 11 is 0. The topological polar surface area (TPSA) is 84.9 Å². The van der Waals surface area contributed by atoms with Crippen LogP contribution in [-0.4, -0.2) is 45.0 Å². The molecule has 2 aliphatic heterocycles. The molecule has 30 heavy (non-hydrogen) atoms. The molecule has 0 unspecified atom stereocenters. The van der Waals surface area contributed by atoms with Crippen LogP contribution in [0.2, 0.25) is 0 Å². The lowest BCUT2D eigenvalue weighted by Crippen LogP contribution is -2.31. The third kappa shape index (κ3) is 4.15. The Kier molecular flexibility index (Phi) is 5.71. The van der Waals surface area contributed by atoms with Crippen LogP contribution in [0.15, 0.2) is 47.4 Å². The Morgan fingerprint density at radius 1 is 1.07 bits per heavy atom. The lowest BCUT2D eigenvalue weighted by atomic mass is 10.0. The number of carbonyl (C=O) groups excluding carboxylic acids is 1. The molecule has 2 heterocycles. The largest absolute Gasteiger partial charge is 0.486 e. The fourth-order valence-electron chi connectivity index (χ4n) is 3.94. The van der Waals surface area contributed by atoms with E-state index in [1.54, 1.807) is 26.0 Å². The van der Waals surface area contributed by atoms with E-state index in [-0.39, 0.29) is 22.9 Å². The first-order chi connectivity index (χ1) is 14.3. The second-order valence-corrected chi connectivity index (χ2v) is 9.57. The molecule has 1 amide bonds. The highest BCUT2D eigenvalue weighted by Gasteiger charge is 2.31. The van der Waals surface area contributed by atoms with Crippen molar-refractivity contribution in [3.63, 3.8) is 0 Å². The molecule has 160 valence electrons. The minimum Gasteiger partial charge on any atom is -0.486 e. The molecule has 8 heteroatoms. The Morgan fingerprint density at radius 3 is 2.47 bits per heavy atom. The normalized spacial score (nSPS) is 18.6. The van der Waals surface area contributed by atoms with Gasteiger partial charge < -0.3 is 14.4 Å². The standard InChI is InChI=1S/C22H26N2O5S/c1-15(2)23-30(26,27)18-8-5-16(6-9-18)22(25)24-11-3-4-19(24)17-7-10-20-21(14-17)29-13-12-28-20/h5-10,14-15,19,23H,3-4,11-13H2,1-2H3/t19-/m1/s1. The van der Waals surface area contributed by atoms with Crippen molar-refractivity contribution in [3.8, 4) is 11.5 Å². The number of nitrogens with zero attached hydrogens (tertiary/aromatic N) is 1. The number of sulfonamides is 1. The Hall–Kier alpha value is -2.58. The average Bonchev–Trinajstić information content (AvgIpc) is 3.22. The molecule has 0 aromatic heterocycles. The number of fused-ring (bicyclic) bond motifs is 1. The van der Waals surface area contributed by atoms with E-state index in [1.807, 2.05) is 23.1 Å². The second kappa shape index (κ2) is 8.28. The van der Waals surface area contributed by atoms with Crippen LogP contribution in [0, 0.1) is 0 Å². The van der Waals surface area contributed by atoms with E-state index in [1.165, 1.54) is 12.1 Å². The van der Waals surface area contributed by atoms with E-state index < -0.39 is 10.0 Å². The van der Waals surface area contributed by atoms with Gasteiger partial charge in [-0.2, -0.15) is 0 Å². The lowest BCUT2D eigenvalue weighted by Gasteiger charge is -2.27. The number of nitrogens with one attached hydrogen (secondary N) is 1. The molecule has 0 bridgehead atoms. The quantitative estimate of drug-likeness (QED) is 0.788. The molecule has 1 fully saturated rings. The summed E-state index contributed by atoms with van der Waals surface area (Å²) in [5.41, 5.74) is 1.49. The van der Waals surface area contributed by atoms with Gasteiger partial charge in [0.2, 0.25) is 10.0 Å². The fraction of sp³-hybridized carbons (Fsp3) is 0.409. The minimum absolute atomic E-state index is 0.0423. The number of rotatable bonds is 5. The van der Waals surface area contributed by atoms with Crippen LogP contribution in [0.5, 0.6) is 11.5 Å². The van der Waals surface area contributed by atoms with Crippen LogP contribution in [0.4, 0.5) is 0 Å². The summed E-state index contributed by atoms with van der Waals surface area (Å²) < 4.78 is 38.4. The number of amides is 1. The molecule has 0 saturated carbocycles. The van der Waals surface area contributed by atoms with Gasteiger partial charge in [-0.25, -0.2) is 13.1 Å². The third-order valence-corrected chi connectivity index (χ3v) is 6.94. The predicted octanol–water partition coefficient (Wildman–Crippen LogP) is 3.12.